The summed E-state index contributed by atoms with van der Waals surface area (Å²) in [5.41, 5.74) is 10.5. The zero-order chi connectivity index (χ0) is 15.8. The maximum absolute atomic E-state index is 6.06. The van der Waals surface area contributed by atoms with Crippen molar-refractivity contribution in [1.82, 2.24) is 14.4 Å². The number of ether oxygens (including phenoxy) is 1. The summed E-state index contributed by atoms with van der Waals surface area (Å²) in [4.78, 5) is 9.07. The molecule has 5 heteroatoms. The third-order valence-electron chi connectivity index (χ3n) is 3.78. The molecule has 0 saturated carbocycles. The van der Waals surface area contributed by atoms with Gasteiger partial charge < -0.3 is 10.5 Å². The first-order valence-corrected chi connectivity index (χ1v) is 7.53. The Bertz CT molecular complexity index is 989. The van der Waals surface area contributed by atoms with E-state index in [1.165, 1.54) is 0 Å². The summed E-state index contributed by atoms with van der Waals surface area (Å²) in [6.45, 7) is 2.62. The quantitative estimate of drug-likeness (QED) is 0.629. The third-order valence-corrected chi connectivity index (χ3v) is 3.78. The lowest BCUT2D eigenvalue weighted by Gasteiger charge is -2.03. The van der Waals surface area contributed by atoms with Crippen LogP contribution in [0.2, 0.25) is 0 Å². The van der Waals surface area contributed by atoms with E-state index in [1.54, 1.807) is 0 Å². The number of anilines is 1. The maximum atomic E-state index is 6.06. The number of para-hydroxylation sites is 2. The fourth-order valence-corrected chi connectivity index (χ4v) is 2.71. The normalized spacial score (nSPS) is 11.2. The highest BCUT2D eigenvalue weighted by Gasteiger charge is 2.11. The number of imidazole rings is 1. The van der Waals surface area contributed by atoms with Crippen LogP contribution in [0.5, 0.6) is 5.75 Å². The fraction of sp³-hybridized carbons (Fsp3) is 0.111. The first kappa shape index (κ1) is 13.6. The molecule has 0 atom stereocenters. The number of nitrogens with two attached hydrogens (primary N) is 1. The highest BCUT2D eigenvalue weighted by Crippen LogP contribution is 2.26. The zero-order valence-corrected chi connectivity index (χ0v) is 12.7. The molecule has 23 heavy (non-hydrogen) atoms. The number of rotatable bonds is 3. The SMILES string of the molecule is CCOc1ccc(-c2cn3c(n2)c(N)nc2ccccc23)cc1. The smallest absolute Gasteiger partial charge is 0.180 e. The van der Waals surface area contributed by atoms with E-state index in [4.69, 9.17) is 10.5 Å². The Hall–Kier alpha value is -3.08. The lowest BCUT2D eigenvalue weighted by atomic mass is 10.2. The van der Waals surface area contributed by atoms with Gasteiger partial charge in [0.1, 0.15) is 5.75 Å². The molecule has 0 unspecified atom stereocenters. The molecule has 0 saturated heterocycles. The van der Waals surface area contributed by atoms with Crippen molar-refractivity contribution in [2.45, 2.75) is 6.92 Å². The van der Waals surface area contributed by atoms with Gasteiger partial charge in [-0.25, -0.2) is 9.97 Å². The Balaban J connectivity index is 1.88. The van der Waals surface area contributed by atoms with Gasteiger partial charge in [0.05, 0.1) is 23.3 Å². The van der Waals surface area contributed by atoms with Gasteiger partial charge in [-0.05, 0) is 43.3 Å². The molecule has 114 valence electrons. The van der Waals surface area contributed by atoms with Crippen molar-refractivity contribution in [3.05, 3.63) is 54.7 Å². The third kappa shape index (κ3) is 2.26. The Morgan fingerprint density at radius 2 is 1.83 bits per heavy atom. The van der Waals surface area contributed by atoms with Crippen molar-refractivity contribution >= 4 is 22.5 Å². The van der Waals surface area contributed by atoms with Gasteiger partial charge in [-0.1, -0.05) is 12.1 Å². The van der Waals surface area contributed by atoms with E-state index in [0.717, 1.165) is 28.0 Å². The van der Waals surface area contributed by atoms with Crippen LogP contribution < -0.4 is 10.5 Å². The molecule has 2 aromatic heterocycles. The number of fused-ring (bicyclic) bond motifs is 3. The van der Waals surface area contributed by atoms with E-state index >= 15 is 0 Å². The van der Waals surface area contributed by atoms with Crippen LogP contribution in [-0.2, 0) is 0 Å². The largest absolute Gasteiger partial charge is 0.494 e. The number of aromatic nitrogens is 3. The predicted octanol–water partition coefficient (Wildman–Crippen LogP) is 3.53. The number of hydrogen-bond donors (Lipinski definition) is 1. The second-order valence-corrected chi connectivity index (χ2v) is 5.26. The number of hydrogen-bond acceptors (Lipinski definition) is 4. The van der Waals surface area contributed by atoms with E-state index in [-0.39, 0.29) is 0 Å². The topological polar surface area (TPSA) is 65.4 Å². The van der Waals surface area contributed by atoms with Crippen LogP contribution in [0.3, 0.4) is 0 Å². The first-order chi connectivity index (χ1) is 11.3. The summed E-state index contributed by atoms with van der Waals surface area (Å²) in [5.74, 6) is 1.28. The summed E-state index contributed by atoms with van der Waals surface area (Å²) in [6.07, 6.45) is 1.99. The highest BCUT2D eigenvalue weighted by atomic mass is 16.5. The molecule has 4 aromatic rings. The Morgan fingerprint density at radius 3 is 2.61 bits per heavy atom. The molecule has 0 spiro atoms. The van der Waals surface area contributed by atoms with E-state index in [2.05, 4.69) is 9.97 Å². The lowest BCUT2D eigenvalue weighted by Crippen LogP contribution is -1.97. The van der Waals surface area contributed by atoms with Gasteiger partial charge in [0.25, 0.3) is 0 Å². The standard InChI is InChI=1S/C18H16N4O/c1-2-23-13-9-7-12(8-10-13)15-11-22-16-6-4-3-5-14(16)20-17(19)18(22)21-15/h3-11H,2H2,1H3,(H2,19,20). The molecular weight excluding hydrogens is 288 g/mol. The maximum Gasteiger partial charge on any atom is 0.180 e. The lowest BCUT2D eigenvalue weighted by molar-refractivity contribution is 0.340. The molecular formula is C18H16N4O. The minimum atomic E-state index is 0.431. The molecule has 2 heterocycles. The zero-order valence-electron chi connectivity index (χ0n) is 12.7. The molecule has 0 aliphatic heterocycles. The van der Waals surface area contributed by atoms with Crippen molar-refractivity contribution in [1.29, 1.82) is 0 Å². The Kier molecular flexibility index (Phi) is 3.12. The first-order valence-electron chi connectivity index (χ1n) is 7.53. The van der Waals surface area contributed by atoms with Gasteiger partial charge in [-0.15, -0.1) is 0 Å². The molecule has 0 aliphatic rings. The number of nitrogens with zero attached hydrogens (tertiary/aromatic N) is 3. The van der Waals surface area contributed by atoms with E-state index in [1.807, 2.05) is 66.1 Å². The molecule has 0 amide bonds. The fourth-order valence-electron chi connectivity index (χ4n) is 2.71. The minimum Gasteiger partial charge on any atom is -0.494 e. The molecule has 0 fully saturated rings. The van der Waals surface area contributed by atoms with Crippen LogP contribution in [0.1, 0.15) is 6.92 Å². The summed E-state index contributed by atoms with van der Waals surface area (Å²) < 4.78 is 7.47. The van der Waals surface area contributed by atoms with Gasteiger partial charge in [-0.3, -0.25) is 4.40 Å². The molecule has 5 nitrogen and oxygen atoms in total. The van der Waals surface area contributed by atoms with Crippen LogP contribution in [0.15, 0.2) is 54.7 Å². The second kappa shape index (κ2) is 5.28. The van der Waals surface area contributed by atoms with Crippen molar-refractivity contribution in [2.24, 2.45) is 0 Å². The molecule has 0 radical (unpaired) electrons. The highest BCUT2D eigenvalue weighted by molar-refractivity contribution is 5.83. The summed E-state index contributed by atoms with van der Waals surface area (Å²) in [5, 5.41) is 0. The van der Waals surface area contributed by atoms with Crippen molar-refractivity contribution in [3.8, 4) is 17.0 Å². The van der Waals surface area contributed by atoms with Crippen LogP contribution in [0.4, 0.5) is 5.82 Å². The van der Waals surface area contributed by atoms with Crippen LogP contribution in [0, 0.1) is 0 Å². The monoisotopic (exact) mass is 304 g/mol. The summed E-state index contributed by atoms with van der Waals surface area (Å²) >= 11 is 0. The van der Waals surface area contributed by atoms with Gasteiger partial charge in [0.15, 0.2) is 11.5 Å². The average Bonchev–Trinajstić information content (AvgIpc) is 3.02. The number of benzene rings is 2. The Labute approximate surface area is 133 Å². The average molecular weight is 304 g/mol. The molecule has 0 aliphatic carbocycles. The van der Waals surface area contributed by atoms with E-state index < -0.39 is 0 Å². The molecule has 0 bridgehead atoms. The van der Waals surface area contributed by atoms with Crippen molar-refractivity contribution < 1.29 is 4.74 Å². The van der Waals surface area contributed by atoms with E-state index in [0.29, 0.717) is 18.1 Å². The summed E-state index contributed by atoms with van der Waals surface area (Å²) in [7, 11) is 0. The molecule has 4 rings (SSSR count). The van der Waals surface area contributed by atoms with Crippen LogP contribution in [0.25, 0.3) is 27.9 Å². The van der Waals surface area contributed by atoms with Gasteiger partial charge in [0, 0.05) is 11.8 Å². The molecule has 2 aromatic carbocycles. The van der Waals surface area contributed by atoms with Gasteiger partial charge in [0.2, 0.25) is 0 Å². The van der Waals surface area contributed by atoms with Gasteiger partial charge >= 0.3 is 0 Å². The van der Waals surface area contributed by atoms with Crippen LogP contribution >= 0.6 is 0 Å². The van der Waals surface area contributed by atoms with Gasteiger partial charge in [-0.2, -0.15) is 0 Å². The van der Waals surface area contributed by atoms with Crippen molar-refractivity contribution in [2.75, 3.05) is 12.3 Å². The summed E-state index contributed by atoms with van der Waals surface area (Å²) in [6, 6.07) is 15.8. The van der Waals surface area contributed by atoms with Crippen LogP contribution in [-0.4, -0.2) is 21.0 Å². The Morgan fingerprint density at radius 1 is 1.04 bits per heavy atom. The molecule has 2 N–H and O–H groups in total. The number of nitrogen functional groups attached to an aromatic ring is 1. The second-order valence-electron chi connectivity index (χ2n) is 5.26. The minimum absolute atomic E-state index is 0.431. The predicted molar refractivity (Wildman–Crippen MR) is 91.5 cm³/mol. The van der Waals surface area contributed by atoms with Crippen molar-refractivity contribution in [3.63, 3.8) is 0 Å². The van der Waals surface area contributed by atoms with E-state index in [9.17, 15) is 0 Å².